The van der Waals surface area contributed by atoms with Crippen LogP contribution in [0.2, 0.25) is 0 Å². The lowest BCUT2D eigenvalue weighted by molar-refractivity contribution is -0.390. The highest BCUT2D eigenvalue weighted by Crippen LogP contribution is 2.24. The third kappa shape index (κ3) is 2.66. The van der Waals surface area contributed by atoms with Crippen LogP contribution in [0.3, 0.4) is 0 Å². The lowest BCUT2D eigenvalue weighted by atomic mass is 10.3. The number of carboxylic acid groups (broad SMARTS) is 1. The minimum atomic E-state index is -1.17. The Balaban J connectivity index is 2.95. The second-order valence-electron chi connectivity index (χ2n) is 2.94. The Bertz CT molecular complexity index is 407. The van der Waals surface area contributed by atoms with Gasteiger partial charge < -0.3 is 20.0 Å². The van der Waals surface area contributed by atoms with Gasteiger partial charge in [-0.15, -0.1) is 0 Å². The molecule has 0 aliphatic rings. The zero-order valence-corrected chi connectivity index (χ0v) is 8.49. The average Bonchev–Trinajstić information content (AvgIpc) is 2.25. The van der Waals surface area contributed by atoms with E-state index in [1.807, 2.05) is 0 Å². The maximum atomic E-state index is 10.7. The van der Waals surface area contributed by atoms with Crippen molar-refractivity contribution in [3.63, 3.8) is 0 Å². The van der Waals surface area contributed by atoms with Gasteiger partial charge in [0.25, 0.3) is 0 Å². The van der Waals surface area contributed by atoms with Gasteiger partial charge in [0.1, 0.15) is 6.20 Å². The van der Waals surface area contributed by atoms with Crippen molar-refractivity contribution in [1.82, 2.24) is 4.98 Å². The summed E-state index contributed by atoms with van der Waals surface area (Å²) < 4.78 is 5.01. The molecule has 0 bridgehead atoms. The van der Waals surface area contributed by atoms with Crippen molar-refractivity contribution in [2.75, 3.05) is 0 Å². The number of ether oxygens (including phenoxy) is 1. The van der Waals surface area contributed by atoms with Gasteiger partial charge in [0.05, 0.1) is 0 Å². The highest BCUT2D eigenvalue weighted by molar-refractivity contribution is 5.72. The molecule has 0 saturated carbocycles. The van der Waals surface area contributed by atoms with Gasteiger partial charge in [-0.05, 0) is 28.5 Å². The van der Waals surface area contributed by atoms with Gasteiger partial charge in [0.2, 0.25) is 5.75 Å². The summed E-state index contributed by atoms with van der Waals surface area (Å²) in [4.78, 5) is 24.1. The third-order valence-corrected chi connectivity index (χ3v) is 1.84. The van der Waals surface area contributed by atoms with Gasteiger partial charge in [0, 0.05) is 0 Å². The number of hydrogen-bond acceptors (Lipinski definition) is 5. The SMILES string of the molecule is CCC(Oc1cccnc1[N+](=O)[O-])C(=O)O. The lowest BCUT2D eigenvalue weighted by Crippen LogP contribution is -2.26. The molecule has 0 aliphatic carbocycles. The Morgan fingerprint density at radius 3 is 2.94 bits per heavy atom. The molecule has 0 spiro atoms. The number of pyridine rings is 1. The van der Waals surface area contributed by atoms with Crippen molar-refractivity contribution in [3.8, 4) is 5.75 Å². The fraction of sp³-hybridized carbons (Fsp3) is 0.333. The Morgan fingerprint density at radius 2 is 2.44 bits per heavy atom. The minimum Gasteiger partial charge on any atom is -0.479 e. The van der Waals surface area contributed by atoms with Crippen LogP contribution in [0.1, 0.15) is 13.3 Å². The highest BCUT2D eigenvalue weighted by atomic mass is 16.6. The molecule has 86 valence electrons. The van der Waals surface area contributed by atoms with Gasteiger partial charge in [-0.1, -0.05) is 6.92 Å². The number of nitro groups is 1. The first-order valence-corrected chi connectivity index (χ1v) is 4.55. The number of rotatable bonds is 5. The van der Waals surface area contributed by atoms with E-state index in [1.165, 1.54) is 18.3 Å². The number of nitrogens with zero attached hydrogens (tertiary/aromatic N) is 2. The summed E-state index contributed by atoms with van der Waals surface area (Å²) in [6.07, 6.45) is 0.344. The molecule has 0 amide bonds. The minimum absolute atomic E-state index is 0.137. The monoisotopic (exact) mass is 226 g/mol. The van der Waals surface area contributed by atoms with E-state index in [0.717, 1.165) is 0 Å². The summed E-state index contributed by atoms with van der Waals surface area (Å²) in [6.45, 7) is 1.61. The second-order valence-corrected chi connectivity index (χ2v) is 2.94. The van der Waals surface area contributed by atoms with Crippen molar-refractivity contribution in [2.45, 2.75) is 19.4 Å². The average molecular weight is 226 g/mol. The fourth-order valence-corrected chi connectivity index (χ4v) is 1.07. The maximum Gasteiger partial charge on any atom is 0.406 e. The van der Waals surface area contributed by atoms with Crippen molar-refractivity contribution < 1.29 is 19.6 Å². The van der Waals surface area contributed by atoms with E-state index >= 15 is 0 Å². The zero-order valence-electron chi connectivity index (χ0n) is 8.49. The number of aliphatic carboxylic acids is 1. The fourth-order valence-electron chi connectivity index (χ4n) is 1.07. The molecule has 1 aromatic heterocycles. The van der Waals surface area contributed by atoms with Crippen LogP contribution in [-0.2, 0) is 4.79 Å². The molecule has 0 saturated heterocycles. The number of aromatic nitrogens is 1. The lowest BCUT2D eigenvalue weighted by Gasteiger charge is -2.12. The van der Waals surface area contributed by atoms with Crippen LogP contribution < -0.4 is 4.74 Å². The van der Waals surface area contributed by atoms with Crippen LogP contribution in [0.15, 0.2) is 18.3 Å². The standard InChI is InChI=1S/C9H10N2O5/c1-2-6(9(12)13)16-7-4-3-5-10-8(7)11(14)15/h3-6H,2H2,1H3,(H,12,13). The quantitative estimate of drug-likeness (QED) is 0.598. The van der Waals surface area contributed by atoms with Crippen LogP contribution >= 0.6 is 0 Å². The summed E-state index contributed by atoms with van der Waals surface area (Å²) in [5.74, 6) is -1.79. The van der Waals surface area contributed by atoms with E-state index < -0.39 is 22.8 Å². The topological polar surface area (TPSA) is 103 Å². The Hall–Kier alpha value is -2.18. The predicted octanol–water partition coefficient (Wildman–Crippen LogP) is 1.23. The normalized spacial score (nSPS) is 11.8. The van der Waals surface area contributed by atoms with Gasteiger partial charge in [-0.2, -0.15) is 0 Å². The van der Waals surface area contributed by atoms with Crippen LogP contribution in [0.4, 0.5) is 5.82 Å². The van der Waals surface area contributed by atoms with E-state index in [1.54, 1.807) is 6.92 Å². The van der Waals surface area contributed by atoms with Crippen molar-refractivity contribution >= 4 is 11.8 Å². The highest BCUT2D eigenvalue weighted by Gasteiger charge is 2.23. The third-order valence-electron chi connectivity index (χ3n) is 1.84. The maximum absolute atomic E-state index is 10.7. The van der Waals surface area contributed by atoms with Crippen LogP contribution in [0, 0.1) is 10.1 Å². The molecule has 0 aromatic carbocycles. The first-order valence-electron chi connectivity index (χ1n) is 4.55. The van der Waals surface area contributed by atoms with E-state index in [4.69, 9.17) is 9.84 Å². The Morgan fingerprint density at radius 1 is 1.75 bits per heavy atom. The van der Waals surface area contributed by atoms with E-state index in [0.29, 0.717) is 0 Å². The van der Waals surface area contributed by atoms with Crippen molar-refractivity contribution in [2.24, 2.45) is 0 Å². The van der Waals surface area contributed by atoms with E-state index in [-0.39, 0.29) is 12.2 Å². The molecule has 1 heterocycles. The largest absolute Gasteiger partial charge is 0.479 e. The summed E-state index contributed by atoms with van der Waals surface area (Å²) in [6, 6.07) is 2.76. The van der Waals surface area contributed by atoms with E-state index in [2.05, 4.69) is 4.98 Å². The van der Waals surface area contributed by atoms with Crippen molar-refractivity contribution in [3.05, 3.63) is 28.4 Å². The molecule has 7 heteroatoms. The first-order chi connectivity index (χ1) is 7.56. The molecule has 1 aromatic rings. The van der Waals surface area contributed by atoms with Gasteiger partial charge in [-0.25, -0.2) is 4.79 Å². The number of hydrogen-bond donors (Lipinski definition) is 1. The summed E-state index contributed by atoms with van der Waals surface area (Å²) in [5.41, 5.74) is 0. The van der Waals surface area contributed by atoms with Crippen LogP contribution in [0.5, 0.6) is 5.75 Å². The molecule has 0 fully saturated rings. The van der Waals surface area contributed by atoms with Gasteiger partial charge in [-0.3, -0.25) is 0 Å². The smallest absolute Gasteiger partial charge is 0.406 e. The molecule has 1 unspecified atom stereocenters. The molecule has 7 nitrogen and oxygen atoms in total. The number of carboxylic acids is 1. The van der Waals surface area contributed by atoms with Crippen molar-refractivity contribution in [1.29, 1.82) is 0 Å². The molecule has 1 rings (SSSR count). The second kappa shape index (κ2) is 5.06. The van der Waals surface area contributed by atoms with E-state index in [9.17, 15) is 14.9 Å². The molecule has 0 aliphatic heterocycles. The summed E-state index contributed by atoms with van der Waals surface area (Å²) in [5, 5.41) is 19.3. The van der Waals surface area contributed by atoms with Gasteiger partial charge in [0.15, 0.2) is 6.10 Å². The molecule has 0 radical (unpaired) electrons. The predicted molar refractivity (Wildman–Crippen MR) is 53.2 cm³/mol. The molecule has 1 atom stereocenters. The van der Waals surface area contributed by atoms with Crippen LogP contribution in [0.25, 0.3) is 0 Å². The Labute approximate surface area is 90.8 Å². The molecular formula is C9H10N2O5. The molecular weight excluding hydrogens is 216 g/mol. The first kappa shape index (κ1) is 11.9. The molecule has 16 heavy (non-hydrogen) atoms. The Kier molecular flexibility index (Phi) is 3.76. The molecule has 1 N–H and O–H groups in total. The summed E-state index contributed by atoms with van der Waals surface area (Å²) >= 11 is 0. The number of carbonyl (C=O) groups is 1. The van der Waals surface area contributed by atoms with Gasteiger partial charge >= 0.3 is 11.8 Å². The zero-order chi connectivity index (χ0) is 12.1. The summed E-state index contributed by atoms with van der Waals surface area (Å²) in [7, 11) is 0. The van der Waals surface area contributed by atoms with Crippen LogP contribution in [-0.4, -0.2) is 27.1 Å².